The highest BCUT2D eigenvalue weighted by Crippen LogP contribution is 2.34. The highest BCUT2D eigenvalue weighted by Gasteiger charge is 2.39. The Labute approximate surface area is 151 Å². The maximum Gasteiger partial charge on any atom is 0.252 e. The quantitative estimate of drug-likeness (QED) is 0.879. The Kier molecular flexibility index (Phi) is 4.74. The Balaban J connectivity index is 1.50. The summed E-state index contributed by atoms with van der Waals surface area (Å²) >= 11 is 0. The van der Waals surface area contributed by atoms with Gasteiger partial charge in [0.05, 0.1) is 24.0 Å². The summed E-state index contributed by atoms with van der Waals surface area (Å²) < 4.78 is 18.9. The molecule has 0 radical (unpaired) electrons. The van der Waals surface area contributed by atoms with Crippen molar-refractivity contribution < 1.29 is 13.9 Å². The van der Waals surface area contributed by atoms with E-state index in [9.17, 15) is 9.18 Å². The van der Waals surface area contributed by atoms with Crippen LogP contribution in [0.2, 0.25) is 0 Å². The van der Waals surface area contributed by atoms with Crippen LogP contribution in [0.3, 0.4) is 0 Å². The van der Waals surface area contributed by atoms with Crippen molar-refractivity contribution in [3.05, 3.63) is 42.1 Å². The Morgan fingerprint density at radius 1 is 1.31 bits per heavy atom. The number of carbonyl (C=O) groups excluding carboxylic acids is 1. The van der Waals surface area contributed by atoms with Gasteiger partial charge < -0.3 is 20.4 Å². The molecule has 0 saturated carbocycles. The van der Waals surface area contributed by atoms with Gasteiger partial charge in [-0.05, 0) is 55.5 Å². The molecule has 2 aliphatic rings. The van der Waals surface area contributed by atoms with Crippen LogP contribution in [0.5, 0.6) is 0 Å². The van der Waals surface area contributed by atoms with Gasteiger partial charge in [0.1, 0.15) is 17.7 Å². The van der Waals surface area contributed by atoms with E-state index in [4.69, 9.17) is 10.5 Å². The number of hydrogen-bond donors (Lipinski definition) is 2. The molecule has 138 valence electrons. The van der Waals surface area contributed by atoms with Gasteiger partial charge in [0.15, 0.2) is 0 Å². The standard InChI is InChI=1S/C19H23FN4O2/c20-13-5-3-12(4-6-13)15-11-22-18(23-15)16-2-1-9-24(16)19(25)17-8-7-14(10-21)26-17/h3-6,11,14,16-17H,1-2,7-10,21H2,(H,22,23)/t14-,16?,17+/m1/s1. The monoisotopic (exact) mass is 358 g/mol. The van der Waals surface area contributed by atoms with Crippen molar-refractivity contribution in [3.8, 4) is 11.3 Å². The molecule has 3 atom stereocenters. The lowest BCUT2D eigenvalue weighted by Crippen LogP contribution is -2.39. The third-order valence-electron chi connectivity index (χ3n) is 5.25. The molecule has 1 aromatic heterocycles. The molecule has 0 bridgehead atoms. The molecular weight excluding hydrogens is 335 g/mol. The highest BCUT2D eigenvalue weighted by atomic mass is 19.1. The Morgan fingerprint density at radius 2 is 2.12 bits per heavy atom. The fourth-order valence-electron chi connectivity index (χ4n) is 3.84. The van der Waals surface area contributed by atoms with Crippen molar-refractivity contribution in [1.82, 2.24) is 14.9 Å². The van der Waals surface area contributed by atoms with E-state index in [1.807, 2.05) is 4.90 Å². The van der Waals surface area contributed by atoms with Gasteiger partial charge in [-0.2, -0.15) is 0 Å². The number of carbonyl (C=O) groups is 1. The van der Waals surface area contributed by atoms with E-state index in [1.165, 1.54) is 12.1 Å². The number of halogens is 1. The highest BCUT2D eigenvalue weighted by molar-refractivity contribution is 5.82. The lowest BCUT2D eigenvalue weighted by molar-refractivity contribution is -0.143. The first-order valence-electron chi connectivity index (χ1n) is 9.12. The Hall–Kier alpha value is -2.25. The third kappa shape index (κ3) is 3.24. The molecule has 3 N–H and O–H groups in total. The summed E-state index contributed by atoms with van der Waals surface area (Å²) in [4.78, 5) is 22.5. The Morgan fingerprint density at radius 3 is 2.85 bits per heavy atom. The summed E-state index contributed by atoms with van der Waals surface area (Å²) in [5.74, 6) is 0.528. The van der Waals surface area contributed by atoms with Gasteiger partial charge in [0, 0.05) is 13.1 Å². The van der Waals surface area contributed by atoms with Crippen molar-refractivity contribution in [1.29, 1.82) is 0 Å². The van der Waals surface area contributed by atoms with Crippen LogP contribution in [-0.2, 0) is 9.53 Å². The lowest BCUT2D eigenvalue weighted by Gasteiger charge is -2.26. The zero-order valence-electron chi connectivity index (χ0n) is 14.5. The number of benzene rings is 1. The number of nitrogens with zero attached hydrogens (tertiary/aromatic N) is 2. The number of amides is 1. The van der Waals surface area contributed by atoms with Crippen LogP contribution in [0, 0.1) is 5.82 Å². The molecule has 7 heteroatoms. The molecule has 2 aliphatic heterocycles. The molecule has 1 aromatic carbocycles. The zero-order valence-corrected chi connectivity index (χ0v) is 14.5. The van der Waals surface area contributed by atoms with Crippen LogP contribution >= 0.6 is 0 Å². The fraction of sp³-hybridized carbons (Fsp3) is 0.474. The number of rotatable bonds is 4. The van der Waals surface area contributed by atoms with Crippen LogP contribution in [-0.4, -0.2) is 46.1 Å². The normalized spacial score (nSPS) is 25.8. The van der Waals surface area contributed by atoms with Crippen LogP contribution in [0.15, 0.2) is 30.5 Å². The van der Waals surface area contributed by atoms with Crippen LogP contribution in [0.4, 0.5) is 4.39 Å². The van der Waals surface area contributed by atoms with Crippen molar-refractivity contribution in [2.24, 2.45) is 5.73 Å². The summed E-state index contributed by atoms with van der Waals surface area (Å²) in [5, 5.41) is 0. The minimum Gasteiger partial charge on any atom is -0.364 e. The minimum atomic E-state index is -0.393. The maximum absolute atomic E-state index is 13.1. The summed E-state index contributed by atoms with van der Waals surface area (Å²) in [6.07, 6.45) is 4.70. The first kappa shape index (κ1) is 17.2. The van der Waals surface area contributed by atoms with Gasteiger partial charge >= 0.3 is 0 Å². The number of aromatic nitrogens is 2. The average molecular weight is 358 g/mol. The van der Waals surface area contributed by atoms with Crippen molar-refractivity contribution in [3.63, 3.8) is 0 Å². The lowest BCUT2D eigenvalue weighted by atomic mass is 10.1. The molecule has 2 aromatic rings. The first-order chi connectivity index (χ1) is 12.7. The molecule has 0 aliphatic carbocycles. The number of nitrogens with one attached hydrogen (secondary N) is 1. The predicted octanol–water partition coefficient (Wildman–Crippen LogP) is 2.39. The fourth-order valence-corrected chi connectivity index (χ4v) is 3.84. The van der Waals surface area contributed by atoms with E-state index < -0.39 is 6.10 Å². The van der Waals surface area contributed by atoms with Crippen molar-refractivity contribution in [2.45, 2.75) is 43.9 Å². The third-order valence-corrected chi connectivity index (χ3v) is 5.25. The van der Waals surface area contributed by atoms with E-state index in [2.05, 4.69) is 9.97 Å². The zero-order chi connectivity index (χ0) is 18.1. The second-order valence-electron chi connectivity index (χ2n) is 6.94. The molecule has 1 unspecified atom stereocenters. The Bertz CT molecular complexity index is 776. The van der Waals surface area contributed by atoms with Gasteiger partial charge in [-0.3, -0.25) is 4.79 Å². The number of likely N-dealkylation sites (tertiary alicyclic amines) is 1. The molecular formula is C19H23FN4O2. The van der Waals surface area contributed by atoms with E-state index in [-0.39, 0.29) is 23.9 Å². The molecule has 2 saturated heterocycles. The van der Waals surface area contributed by atoms with E-state index in [0.29, 0.717) is 13.1 Å². The van der Waals surface area contributed by atoms with Crippen LogP contribution in [0.25, 0.3) is 11.3 Å². The van der Waals surface area contributed by atoms with Crippen LogP contribution < -0.4 is 5.73 Å². The smallest absolute Gasteiger partial charge is 0.252 e. The molecule has 26 heavy (non-hydrogen) atoms. The number of H-pyrrole nitrogens is 1. The molecule has 2 fully saturated rings. The van der Waals surface area contributed by atoms with E-state index in [1.54, 1.807) is 18.3 Å². The first-order valence-corrected chi connectivity index (χ1v) is 9.12. The topological polar surface area (TPSA) is 84.2 Å². The molecule has 1 amide bonds. The maximum atomic E-state index is 13.1. The van der Waals surface area contributed by atoms with E-state index >= 15 is 0 Å². The molecule has 4 rings (SSSR count). The molecule has 3 heterocycles. The van der Waals surface area contributed by atoms with Gasteiger partial charge in [-0.25, -0.2) is 9.37 Å². The summed E-state index contributed by atoms with van der Waals surface area (Å²) in [5.41, 5.74) is 7.33. The van der Waals surface area contributed by atoms with Crippen LogP contribution in [0.1, 0.15) is 37.5 Å². The van der Waals surface area contributed by atoms with Gasteiger partial charge in [0.25, 0.3) is 5.91 Å². The predicted molar refractivity (Wildman–Crippen MR) is 94.6 cm³/mol. The number of nitrogens with two attached hydrogens (primary N) is 1. The average Bonchev–Trinajstić information content (AvgIpc) is 3.40. The SMILES string of the molecule is NC[C@H]1CC[C@@H](C(=O)N2CCCC2c2ncc(-c3ccc(F)cc3)[nH]2)O1. The summed E-state index contributed by atoms with van der Waals surface area (Å²) in [7, 11) is 0. The number of imidazole rings is 1. The second-order valence-corrected chi connectivity index (χ2v) is 6.94. The number of hydrogen-bond acceptors (Lipinski definition) is 4. The largest absolute Gasteiger partial charge is 0.364 e. The second kappa shape index (κ2) is 7.17. The van der Waals surface area contributed by atoms with Crippen molar-refractivity contribution >= 4 is 5.91 Å². The molecule has 6 nitrogen and oxygen atoms in total. The molecule has 0 spiro atoms. The minimum absolute atomic E-state index is 0.0151. The van der Waals surface area contributed by atoms with E-state index in [0.717, 1.165) is 42.8 Å². The summed E-state index contributed by atoms with van der Waals surface area (Å²) in [6, 6.07) is 6.20. The number of aromatic amines is 1. The summed E-state index contributed by atoms with van der Waals surface area (Å²) in [6.45, 7) is 1.16. The van der Waals surface area contributed by atoms with Gasteiger partial charge in [-0.15, -0.1) is 0 Å². The number of ether oxygens (including phenoxy) is 1. The van der Waals surface area contributed by atoms with Gasteiger partial charge in [-0.1, -0.05) is 0 Å². The van der Waals surface area contributed by atoms with Gasteiger partial charge in [0.2, 0.25) is 0 Å². The van der Waals surface area contributed by atoms with Crippen molar-refractivity contribution in [2.75, 3.05) is 13.1 Å².